The molecule has 0 bridgehead atoms. The van der Waals surface area contributed by atoms with E-state index < -0.39 is 52.9 Å². The molecule has 0 fully saturated rings. The molecule has 440 valence electrons. The Balaban J connectivity index is 3.67. The van der Waals surface area contributed by atoms with E-state index in [9.17, 15) is 51.9 Å². The molecule has 39 heteroatoms. The van der Waals surface area contributed by atoms with Crippen molar-refractivity contribution in [3.05, 3.63) is 0 Å². The number of hydrogen-bond acceptors (Lipinski definition) is 26. The summed E-state index contributed by atoms with van der Waals surface area (Å²) in [4.78, 5) is 66.1. The zero-order valence-corrected chi connectivity index (χ0v) is 46.2. The van der Waals surface area contributed by atoms with Gasteiger partial charge in [0, 0.05) is 18.4 Å². The Labute approximate surface area is 424 Å². The van der Waals surface area contributed by atoms with Crippen molar-refractivity contribution in [1.82, 2.24) is 0 Å². The third-order valence-corrected chi connectivity index (χ3v) is 13.7. The van der Waals surface area contributed by atoms with E-state index in [0.717, 1.165) is 0 Å². The average molecular weight is 1200 g/mol. The van der Waals surface area contributed by atoms with Crippen LogP contribution in [0.2, 0.25) is 0 Å². The van der Waals surface area contributed by atoms with E-state index in [4.69, 9.17) is 98.0 Å². The summed E-state index contributed by atoms with van der Waals surface area (Å²) in [5.74, 6) is -0.842. The van der Waals surface area contributed by atoms with E-state index >= 15 is 0 Å². The van der Waals surface area contributed by atoms with Crippen molar-refractivity contribution in [2.24, 2.45) is 11.8 Å². The van der Waals surface area contributed by atoms with Crippen LogP contribution in [0, 0.1) is 11.8 Å². The summed E-state index contributed by atoms with van der Waals surface area (Å²) < 4.78 is 164. The second kappa shape index (κ2) is 44.1. The number of hydrogen-bond donors (Lipinski definition) is 8. The lowest BCUT2D eigenvalue weighted by Crippen LogP contribution is -2.15. The summed E-state index contributed by atoms with van der Waals surface area (Å²) in [6.45, 7) is 0.0626. The Hall–Kier alpha value is 0.300. The van der Waals surface area contributed by atoms with Crippen molar-refractivity contribution in [2.45, 2.75) is 26.7 Å². The zero-order chi connectivity index (χ0) is 54.8. The summed E-state index contributed by atoms with van der Waals surface area (Å²) in [7, 11) is -26.6. The van der Waals surface area contributed by atoms with Gasteiger partial charge in [0.1, 0.15) is 0 Å². The Morgan fingerprint density at radius 2 is 0.452 bits per heavy atom. The first-order valence-electron chi connectivity index (χ1n) is 22.5. The van der Waals surface area contributed by atoms with E-state index in [-0.39, 0.29) is 191 Å². The molecule has 0 aliphatic carbocycles. The van der Waals surface area contributed by atoms with Gasteiger partial charge in [0.05, 0.1) is 178 Å². The molecule has 0 radical (unpaired) electrons. The van der Waals surface area contributed by atoms with E-state index in [1.807, 2.05) is 0 Å². The normalized spacial score (nSPS) is 17.3. The molecule has 0 aliphatic rings. The van der Waals surface area contributed by atoms with Crippen LogP contribution in [0.1, 0.15) is 26.7 Å². The molecule has 73 heavy (non-hydrogen) atoms. The van der Waals surface area contributed by atoms with Crippen LogP contribution in [0.25, 0.3) is 0 Å². The summed E-state index contributed by atoms with van der Waals surface area (Å²) in [6, 6.07) is 0. The van der Waals surface area contributed by atoms with Crippen molar-refractivity contribution in [3.8, 4) is 0 Å². The van der Waals surface area contributed by atoms with Gasteiger partial charge in [-0.1, -0.05) is 13.8 Å². The van der Waals surface area contributed by atoms with E-state index in [0.29, 0.717) is 12.8 Å². The minimum Gasteiger partial charge on any atom is -0.396 e. The molecule has 7 atom stereocenters. The van der Waals surface area contributed by atoms with Crippen LogP contribution in [0.3, 0.4) is 0 Å². The van der Waals surface area contributed by atoms with E-state index in [1.165, 1.54) is 0 Å². The summed E-state index contributed by atoms with van der Waals surface area (Å²) >= 11 is 0. The lowest BCUT2D eigenvalue weighted by Gasteiger charge is -2.18. The molecule has 0 saturated carbocycles. The molecule has 0 aliphatic heterocycles. The van der Waals surface area contributed by atoms with Crippen LogP contribution in [0.5, 0.6) is 0 Å². The first-order valence-corrected chi connectivity index (χ1v) is 31.5. The fourth-order valence-electron chi connectivity index (χ4n) is 4.35. The number of phosphoric acid groups is 6. The van der Waals surface area contributed by atoms with Crippen LogP contribution < -0.4 is 0 Å². The largest absolute Gasteiger partial charge is 0.472 e. The smallest absolute Gasteiger partial charge is 0.396 e. The highest BCUT2D eigenvalue weighted by molar-refractivity contribution is 7.48. The quantitative estimate of drug-likeness (QED) is 0.0319. The lowest BCUT2D eigenvalue weighted by molar-refractivity contribution is 0.00677. The minimum absolute atomic E-state index is 0.0270. The molecule has 0 spiro atoms. The van der Waals surface area contributed by atoms with Crippen molar-refractivity contribution in [1.29, 1.82) is 0 Å². The van der Waals surface area contributed by atoms with Crippen LogP contribution in [-0.4, -0.2) is 224 Å². The van der Waals surface area contributed by atoms with Crippen molar-refractivity contribution in [2.75, 3.05) is 185 Å². The molecule has 8 N–H and O–H groups in total. The number of rotatable bonds is 56. The highest BCUT2D eigenvalue weighted by Gasteiger charge is 2.26. The van der Waals surface area contributed by atoms with E-state index in [2.05, 4.69) is 4.52 Å². The summed E-state index contributed by atoms with van der Waals surface area (Å²) in [5.41, 5.74) is 0. The number of phosphoric ester groups is 6. The monoisotopic (exact) mass is 1200 g/mol. The number of aliphatic hydroxyl groups excluding tert-OH is 1. The van der Waals surface area contributed by atoms with Gasteiger partial charge in [-0.15, -0.1) is 0 Å². The SMILES string of the molecule is CCC(CO)COP(=O)(O)OCCOCCOCCOP(=O)(O)OCCOCCOCCOP(=O)(O)OCCOCCOCCOP(=O)(O)OCCOCCOCCOP(=O)(O)OCC(CC)COP(=O)(O)O. The van der Waals surface area contributed by atoms with Crippen molar-refractivity contribution < 1.29 is 154 Å². The molecule has 0 rings (SSSR count). The van der Waals surface area contributed by atoms with Crippen molar-refractivity contribution in [3.63, 3.8) is 0 Å². The zero-order valence-electron chi connectivity index (χ0n) is 40.8. The van der Waals surface area contributed by atoms with Gasteiger partial charge in [0.15, 0.2) is 0 Å². The molecular weight excluding hydrogens is 1120 g/mol. The van der Waals surface area contributed by atoms with Gasteiger partial charge in [0.25, 0.3) is 0 Å². The molecule has 0 amide bonds. The van der Waals surface area contributed by atoms with Crippen LogP contribution in [0.15, 0.2) is 0 Å². The second-order valence-corrected chi connectivity index (χ2v) is 22.5. The molecule has 0 aromatic rings. The van der Waals surface area contributed by atoms with Crippen LogP contribution >= 0.6 is 46.9 Å². The topological polar surface area (TPSA) is 440 Å². The van der Waals surface area contributed by atoms with Gasteiger partial charge in [-0.3, -0.25) is 49.8 Å². The number of ether oxygens (including phenoxy) is 8. The van der Waals surface area contributed by atoms with Crippen LogP contribution in [0.4, 0.5) is 0 Å². The van der Waals surface area contributed by atoms with Gasteiger partial charge in [-0.05, 0) is 12.8 Å². The first-order chi connectivity index (χ1) is 34.5. The molecule has 7 unspecified atom stereocenters. The summed E-state index contributed by atoms with van der Waals surface area (Å²) in [6.07, 6.45) is 0.919. The maximum Gasteiger partial charge on any atom is 0.472 e. The molecule has 33 nitrogen and oxygen atoms in total. The third kappa shape index (κ3) is 50.3. The van der Waals surface area contributed by atoms with Crippen LogP contribution in [-0.2, 0) is 115 Å². The highest BCUT2D eigenvalue weighted by Crippen LogP contribution is 2.46. The molecular formula is C34H76O33P6. The standard InChI is InChI=1S/C34H76O33P6/c1-3-33(29-35)30-66-72(45,46)63-27-19-55-11-9-53-17-25-61-70(41,42)59-23-15-51-7-5-49-13-21-57-69(39,40)58-22-14-50-6-8-52-16-24-60-71(43,44)62-26-18-54-10-12-56-20-28-64-73(47,48)67-32-34(4-2)31-65-68(36,37)38/h33-35H,3-32H2,1-2H3,(H,39,40)(H,41,42)(H,43,44)(H,45,46)(H,47,48)(H2,36,37,38). The van der Waals surface area contributed by atoms with Gasteiger partial charge in [-0.25, -0.2) is 27.4 Å². The van der Waals surface area contributed by atoms with Gasteiger partial charge in [-0.2, -0.15) is 0 Å². The van der Waals surface area contributed by atoms with E-state index in [1.54, 1.807) is 13.8 Å². The van der Waals surface area contributed by atoms with Gasteiger partial charge < -0.3 is 77.3 Å². The fourth-order valence-corrected chi connectivity index (χ4v) is 8.37. The maximum absolute atomic E-state index is 12.0. The Morgan fingerprint density at radius 1 is 0.274 bits per heavy atom. The average Bonchev–Trinajstić information content (AvgIpc) is 3.31. The minimum atomic E-state index is -4.69. The van der Waals surface area contributed by atoms with Gasteiger partial charge >= 0.3 is 46.9 Å². The Kier molecular flexibility index (Phi) is 44.3. The second-order valence-electron chi connectivity index (χ2n) is 14.0. The lowest BCUT2D eigenvalue weighted by atomic mass is 10.1. The first kappa shape index (κ1) is 73.3. The van der Waals surface area contributed by atoms with Gasteiger partial charge in [0.2, 0.25) is 0 Å². The molecule has 0 aromatic heterocycles. The predicted molar refractivity (Wildman–Crippen MR) is 248 cm³/mol. The molecule has 0 heterocycles. The number of aliphatic hydroxyl groups is 1. The molecule has 0 saturated heterocycles. The Bertz CT molecular complexity index is 1630. The fraction of sp³-hybridized carbons (Fsp3) is 1.00. The summed E-state index contributed by atoms with van der Waals surface area (Å²) in [5, 5.41) is 9.09. The molecule has 0 aromatic carbocycles. The van der Waals surface area contributed by atoms with Crippen molar-refractivity contribution >= 4 is 46.9 Å². The predicted octanol–water partition coefficient (Wildman–Crippen LogP) is 1.94. The highest BCUT2D eigenvalue weighted by atomic mass is 31.2. The maximum atomic E-state index is 12.0. The Morgan fingerprint density at radius 3 is 0.644 bits per heavy atom. The third-order valence-electron chi connectivity index (χ3n) is 8.18.